The van der Waals surface area contributed by atoms with Crippen LogP contribution in [-0.2, 0) is 0 Å². The Morgan fingerprint density at radius 3 is 2.85 bits per heavy atom. The first kappa shape index (κ1) is 9.62. The van der Waals surface area contributed by atoms with Gasteiger partial charge in [0.15, 0.2) is 5.78 Å². The summed E-state index contributed by atoms with van der Waals surface area (Å²) in [6.07, 6.45) is 0.704. The topological polar surface area (TPSA) is 17.1 Å². The molecule has 0 saturated carbocycles. The number of carbonyl (C=O) groups is 1. The van der Waals surface area contributed by atoms with Gasteiger partial charge in [-0.05, 0) is 11.4 Å². The van der Waals surface area contributed by atoms with Crippen molar-refractivity contribution in [2.75, 3.05) is 11.5 Å². The van der Waals surface area contributed by atoms with Gasteiger partial charge in [0, 0.05) is 17.9 Å². The predicted molar refractivity (Wildman–Crippen MR) is 62.0 cm³/mol. The molecule has 2 rings (SSSR count). The SMILES string of the molecule is O=C(CC1SCCS1)c1cccs1. The Labute approximate surface area is 90.3 Å². The molecule has 1 saturated heterocycles. The third-order valence-corrected chi connectivity index (χ3v) is 5.78. The van der Waals surface area contributed by atoms with Crippen molar-refractivity contribution in [3.63, 3.8) is 0 Å². The second kappa shape index (κ2) is 4.53. The standard InChI is InChI=1S/C9H10OS3/c10-7(8-2-1-3-11-8)6-9-12-4-5-13-9/h1-3,9H,4-6H2. The van der Waals surface area contributed by atoms with Crippen LogP contribution in [0.1, 0.15) is 16.1 Å². The molecule has 2 heterocycles. The molecule has 1 aromatic rings. The van der Waals surface area contributed by atoms with Crippen molar-refractivity contribution in [2.45, 2.75) is 11.0 Å². The van der Waals surface area contributed by atoms with Gasteiger partial charge in [-0.1, -0.05) is 6.07 Å². The monoisotopic (exact) mass is 230 g/mol. The third-order valence-electron chi connectivity index (χ3n) is 1.84. The Hall–Kier alpha value is 0.0700. The lowest BCUT2D eigenvalue weighted by Gasteiger charge is -2.04. The zero-order valence-corrected chi connectivity index (χ0v) is 9.51. The number of ketones is 1. The van der Waals surface area contributed by atoms with Crippen LogP contribution in [0.15, 0.2) is 17.5 Å². The second-order valence-electron chi connectivity index (χ2n) is 2.78. The summed E-state index contributed by atoms with van der Waals surface area (Å²) in [6.45, 7) is 0. The number of Topliss-reactive ketones (excluding diaryl/α,β-unsaturated/α-hetero) is 1. The van der Waals surface area contributed by atoms with E-state index in [0.29, 0.717) is 16.8 Å². The maximum Gasteiger partial charge on any atom is 0.174 e. The van der Waals surface area contributed by atoms with Gasteiger partial charge in [-0.3, -0.25) is 4.79 Å². The molecule has 0 radical (unpaired) electrons. The van der Waals surface area contributed by atoms with E-state index >= 15 is 0 Å². The largest absolute Gasteiger partial charge is 0.293 e. The van der Waals surface area contributed by atoms with Gasteiger partial charge in [0.25, 0.3) is 0 Å². The molecular formula is C9H10OS3. The highest BCUT2D eigenvalue weighted by Crippen LogP contribution is 2.35. The molecule has 4 heteroatoms. The molecule has 0 N–H and O–H groups in total. The summed E-state index contributed by atoms with van der Waals surface area (Å²) in [7, 11) is 0. The van der Waals surface area contributed by atoms with Crippen LogP contribution in [0, 0.1) is 0 Å². The summed E-state index contributed by atoms with van der Waals surface area (Å²) in [5.41, 5.74) is 0. The highest BCUT2D eigenvalue weighted by Gasteiger charge is 2.20. The van der Waals surface area contributed by atoms with Crippen LogP contribution in [0.3, 0.4) is 0 Å². The van der Waals surface area contributed by atoms with Crippen molar-refractivity contribution in [3.05, 3.63) is 22.4 Å². The predicted octanol–water partition coefficient (Wildman–Crippen LogP) is 3.13. The summed E-state index contributed by atoms with van der Waals surface area (Å²) >= 11 is 5.38. The number of hydrogen-bond donors (Lipinski definition) is 0. The van der Waals surface area contributed by atoms with Crippen LogP contribution in [0.5, 0.6) is 0 Å². The number of rotatable bonds is 3. The van der Waals surface area contributed by atoms with Gasteiger partial charge in [0.1, 0.15) is 0 Å². The summed E-state index contributed by atoms with van der Waals surface area (Å²) in [5, 5.41) is 1.96. The second-order valence-corrected chi connectivity index (χ2v) is 6.64. The number of thioether (sulfide) groups is 2. The first-order chi connectivity index (χ1) is 6.36. The van der Waals surface area contributed by atoms with E-state index in [1.165, 1.54) is 11.5 Å². The van der Waals surface area contributed by atoms with Crippen molar-refractivity contribution in [2.24, 2.45) is 0 Å². The molecule has 1 fully saturated rings. The molecular weight excluding hydrogens is 220 g/mol. The average molecular weight is 230 g/mol. The summed E-state index contributed by atoms with van der Waals surface area (Å²) in [6, 6.07) is 3.85. The third kappa shape index (κ3) is 2.51. The van der Waals surface area contributed by atoms with Gasteiger partial charge in [-0.25, -0.2) is 0 Å². The van der Waals surface area contributed by atoms with E-state index in [9.17, 15) is 4.79 Å². The molecule has 0 unspecified atom stereocenters. The van der Waals surface area contributed by atoms with Gasteiger partial charge in [0.05, 0.1) is 9.46 Å². The molecule has 0 bridgehead atoms. The highest BCUT2D eigenvalue weighted by atomic mass is 32.2. The van der Waals surface area contributed by atoms with Crippen molar-refractivity contribution >= 4 is 40.6 Å². The lowest BCUT2D eigenvalue weighted by atomic mass is 10.2. The number of thiophene rings is 1. The van der Waals surface area contributed by atoms with E-state index < -0.39 is 0 Å². The summed E-state index contributed by atoms with van der Waals surface area (Å²) < 4.78 is 0.509. The Balaban J connectivity index is 1.91. The molecule has 70 valence electrons. The zero-order chi connectivity index (χ0) is 9.10. The number of carbonyl (C=O) groups excluding carboxylic acids is 1. The molecule has 0 atom stereocenters. The van der Waals surface area contributed by atoms with E-state index in [0.717, 1.165) is 4.88 Å². The van der Waals surface area contributed by atoms with Crippen LogP contribution < -0.4 is 0 Å². The molecule has 0 aliphatic carbocycles. The molecule has 1 nitrogen and oxygen atoms in total. The molecule has 0 amide bonds. The van der Waals surface area contributed by atoms with Gasteiger partial charge >= 0.3 is 0 Å². The highest BCUT2D eigenvalue weighted by molar-refractivity contribution is 8.20. The minimum Gasteiger partial charge on any atom is -0.293 e. The summed E-state index contributed by atoms with van der Waals surface area (Å²) in [5.74, 6) is 2.71. The first-order valence-electron chi connectivity index (χ1n) is 4.16. The molecule has 13 heavy (non-hydrogen) atoms. The van der Waals surface area contributed by atoms with Crippen LogP contribution >= 0.6 is 34.9 Å². The van der Waals surface area contributed by atoms with E-state index in [-0.39, 0.29) is 0 Å². The Bertz CT molecular complexity index is 275. The van der Waals surface area contributed by atoms with E-state index in [2.05, 4.69) is 0 Å². The summed E-state index contributed by atoms with van der Waals surface area (Å²) in [4.78, 5) is 12.6. The van der Waals surface area contributed by atoms with E-state index in [1.54, 1.807) is 11.3 Å². The maximum absolute atomic E-state index is 11.6. The molecule has 0 spiro atoms. The van der Waals surface area contributed by atoms with Crippen molar-refractivity contribution in [1.82, 2.24) is 0 Å². The van der Waals surface area contributed by atoms with Crippen LogP contribution in [0.4, 0.5) is 0 Å². The smallest absolute Gasteiger partial charge is 0.174 e. The van der Waals surface area contributed by atoms with Crippen LogP contribution in [0.25, 0.3) is 0 Å². The molecule has 0 aromatic carbocycles. The van der Waals surface area contributed by atoms with Crippen molar-refractivity contribution < 1.29 is 4.79 Å². The Morgan fingerprint density at radius 1 is 1.46 bits per heavy atom. The fraction of sp³-hybridized carbons (Fsp3) is 0.444. The minimum atomic E-state index is 0.307. The Kier molecular flexibility index (Phi) is 3.35. The van der Waals surface area contributed by atoms with Gasteiger partial charge in [0.2, 0.25) is 0 Å². The normalized spacial score (nSPS) is 17.8. The molecule has 1 aliphatic heterocycles. The lowest BCUT2D eigenvalue weighted by molar-refractivity contribution is 0.0991. The van der Waals surface area contributed by atoms with Gasteiger partial charge in [-0.15, -0.1) is 34.9 Å². The average Bonchev–Trinajstić information content (AvgIpc) is 2.74. The first-order valence-corrected chi connectivity index (χ1v) is 7.14. The quantitative estimate of drug-likeness (QED) is 0.743. The fourth-order valence-electron chi connectivity index (χ4n) is 1.21. The van der Waals surface area contributed by atoms with E-state index in [1.807, 2.05) is 41.0 Å². The van der Waals surface area contributed by atoms with Gasteiger partial charge in [-0.2, -0.15) is 0 Å². The maximum atomic E-state index is 11.6. The Morgan fingerprint density at radius 2 is 2.23 bits per heavy atom. The minimum absolute atomic E-state index is 0.307. The fourth-order valence-corrected chi connectivity index (χ4v) is 4.69. The lowest BCUT2D eigenvalue weighted by Crippen LogP contribution is -2.03. The van der Waals surface area contributed by atoms with Crippen LogP contribution in [0.2, 0.25) is 0 Å². The number of hydrogen-bond acceptors (Lipinski definition) is 4. The van der Waals surface area contributed by atoms with Crippen molar-refractivity contribution in [1.29, 1.82) is 0 Å². The molecule has 1 aliphatic rings. The zero-order valence-electron chi connectivity index (χ0n) is 7.06. The molecule has 1 aromatic heterocycles. The van der Waals surface area contributed by atoms with Crippen molar-refractivity contribution in [3.8, 4) is 0 Å². The van der Waals surface area contributed by atoms with E-state index in [4.69, 9.17) is 0 Å². The van der Waals surface area contributed by atoms with Gasteiger partial charge < -0.3 is 0 Å². The van der Waals surface area contributed by atoms with Crippen LogP contribution in [-0.4, -0.2) is 21.9 Å².